The summed E-state index contributed by atoms with van der Waals surface area (Å²) < 4.78 is 40.2. The minimum Gasteiger partial charge on any atom is -0.858 e. The summed E-state index contributed by atoms with van der Waals surface area (Å²) in [5.74, 6) is -0.368. The highest BCUT2D eigenvalue weighted by atomic mass is 35.5. The molecular formula is C24H21ClF3N4O-. The van der Waals surface area contributed by atoms with E-state index < -0.39 is 11.9 Å². The smallest absolute Gasteiger partial charge is 0.433 e. The van der Waals surface area contributed by atoms with Crippen LogP contribution in [-0.2, 0) is 6.18 Å². The molecule has 0 unspecified atom stereocenters. The molecule has 2 N–H and O–H groups in total. The van der Waals surface area contributed by atoms with Gasteiger partial charge in [-0.3, -0.25) is 4.99 Å². The molecule has 33 heavy (non-hydrogen) atoms. The first-order valence-corrected chi connectivity index (χ1v) is 10.8. The maximum Gasteiger partial charge on any atom is 0.433 e. The van der Waals surface area contributed by atoms with Crippen LogP contribution in [0.5, 0.6) is 0 Å². The summed E-state index contributed by atoms with van der Waals surface area (Å²) >= 11 is 6.08. The number of hydrogen-bond acceptors (Lipinski definition) is 5. The molecule has 1 atom stereocenters. The second-order valence-corrected chi connectivity index (χ2v) is 8.16. The van der Waals surface area contributed by atoms with Crippen LogP contribution in [0.3, 0.4) is 0 Å². The number of aromatic nitrogens is 1. The lowest BCUT2D eigenvalue weighted by atomic mass is 9.99. The van der Waals surface area contributed by atoms with Gasteiger partial charge in [-0.25, -0.2) is 4.98 Å². The van der Waals surface area contributed by atoms with E-state index in [4.69, 9.17) is 11.6 Å². The van der Waals surface area contributed by atoms with E-state index in [0.717, 1.165) is 12.5 Å². The average Bonchev–Trinajstić information content (AvgIpc) is 2.78. The largest absolute Gasteiger partial charge is 0.858 e. The van der Waals surface area contributed by atoms with Crippen molar-refractivity contribution >= 4 is 39.8 Å². The number of aliphatic imine (C=N–C) groups is 1. The van der Waals surface area contributed by atoms with Gasteiger partial charge in [-0.2, -0.15) is 13.2 Å². The summed E-state index contributed by atoms with van der Waals surface area (Å²) in [6, 6.07) is 12.3. The molecule has 4 rings (SSSR count). The SMILES string of the molecule is CNc1ccccc1C([O-])=NC1=C[C@@H](Nc2cc(C(F)(F)F)nc3ccc(Cl)cc23)CCC1. The first-order valence-electron chi connectivity index (χ1n) is 10.4. The van der Waals surface area contributed by atoms with Gasteiger partial charge in [0.25, 0.3) is 0 Å². The van der Waals surface area contributed by atoms with Crippen molar-refractivity contribution in [2.75, 3.05) is 17.7 Å². The Morgan fingerprint density at radius 2 is 1.94 bits per heavy atom. The lowest BCUT2D eigenvalue weighted by Gasteiger charge is -2.24. The highest BCUT2D eigenvalue weighted by Gasteiger charge is 2.33. The molecule has 0 radical (unpaired) electrons. The fourth-order valence-corrected chi connectivity index (χ4v) is 4.02. The highest BCUT2D eigenvalue weighted by molar-refractivity contribution is 6.31. The molecule has 1 aliphatic carbocycles. The number of anilines is 2. The van der Waals surface area contributed by atoms with Gasteiger partial charge in [0.05, 0.1) is 5.52 Å². The fourth-order valence-electron chi connectivity index (χ4n) is 3.85. The molecule has 9 heteroatoms. The Morgan fingerprint density at radius 1 is 1.15 bits per heavy atom. The van der Waals surface area contributed by atoms with E-state index in [0.29, 0.717) is 40.2 Å². The minimum absolute atomic E-state index is 0.195. The average molecular weight is 474 g/mol. The van der Waals surface area contributed by atoms with Gasteiger partial charge < -0.3 is 15.7 Å². The lowest BCUT2D eigenvalue weighted by Crippen LogP contribution is -2.23. The van der Waals surface area contributed by atoms with E-state index in [1.807, 2.05) is 6.07 Å². The first-order chi connectivity index (χ1) is 15.7. The minimum atomic E-state index is -4.58. The van der Waals surface area contributed by atoms with Crippen molar-refractivity contribution in [1.82, 2.24) is 4.98 Å². The summed E-state index contributed by atoms with van der Waals surface area (Å²) in [6.45, 7) is 0. The molecule has 0 saturated heterocycles. The molecule has 1 aliphatic rings. The fraction of sp³-hybridized carbons (Fsp3) is 0.250. The predicted molar refractivity (Wildman–Crippen MR) is 124 cm³/mol. The van der Waals surface area contributed by atoms with Crippen LogP contribution in [-0.4, -0.2) is 24.0 Å². The van der Waals surface area contributed by atoms with Gasteiger partial charge in [0, 0.05) is 46.1 Å². The van der Waals surface area contributed by atoms with Crippen molar-refractivity contribution in [2.45, 2.75) is 31.5 Å². The number of para-hydroxylation sites is 1. The highest BCUT2D eigenvalue weighted by Crippen LogP contribution is 2.35. The van der Waals surface area contributed by atoms with E-state index in [1.165, 1.54) is 12.1 Å². The van der Waals surface area contributed by atoms with E-state index >= 15 is 0 Å². The van der Waals surface area contributed by atoms with Crippen LogP contribution >= 0.6 is 11.6 Å². The van der Waals surface area contributed by atoms with Crippen molar-refractivity contribution in [3.63, 3.8) is 0 Å². The molecule has 1 aromatic heterocycles. The van der Waals surface area contributed by atoms with E-state index in [-0.39, 0.29) is 23.1 Å². The number of nitrogens with zero attached hydrogens (tertiary/aromatic N) is 2. The van der Waals surface area contributed by atoms with Crippen LogP contribution in [0.15, 0.2) is 65.3 Å². The third-order valence-electron chi connectivity index (χ3n) is 5.42. The number of allylic oxidation sites excluding steroid dienone is 1. The van der Waals surface area contributed by atoms with Gasteiger partial charge in [-0.1, -0.05) is 29.8 Å². The molecule has 0 saturated carbocycles. The summed E-state index contributed by atoms with van der Waals surface area (Å²) in [5.41, 5.74) is 1.23. The Hall–Kier alpha value is -3.26. The van der Waals surface area contributed by atoms with Crippen molar-refractivity contribution in [1.29, 1.82) is 0 Å². The summed E-state index contributed by atoms with van der Waals surface area (Å²) in [6.07, 6.45) is -0.744. The normalized spacial score (nSPS) is 17.1. The zero-order valence-electron chi connectivity index (χ0n) is 17.7. The monoisotopic (exact) mass is 473 g/mol. The molecule has 3 aromatic rings. The number of fused-ring (bicyclic) bond motifs is 1. The first kappa shape index (κ1) is 22.9. The third kappa shape index (κ3) is 5.22. The number of alkyl halides is 3. The van der Waals surface area contributed by atoms with Crippen LogP contribution in [0, 0.1) is 0 Å². The molecule has 0 aliphatic heterocycles. The standard InChI is InChI=1S/C24H22ClF3N4O/c1-29-19-8-3-2-7-17(19)23(33)31-16-6-4-5-15(12-16)30-21-13-22(24(26,27)28)32-20-10-9-14(25)11-18(20)21/h2-3,7-13,15,29H,4-6H2,1H3,(H,30,32)(H,31,33)/p-1/t15-/m0/s1. The second kappa shape index (κ2) is 9.31. The Morgan fingerprint density at radius 3 is 2.70 bits per heavy atom. The molecule has 0 bridgehead atoms. The molecule has 0 fully saturated rings. The Labute approximate surface area is 194 Å². The van der Waals surface area contributed by atoms with Crippen LogP contribution in [0.1, 0.15) is 30.5 Å². The zero-order chi connectivity index (χ0) is 23.6. The number of benzene rings is 2. The summed E-state index contributed by atoms with van der Waals surface area (Å²) in [5, 5.41) is 19.7. The maximum atomic E-state index is 13.4. The number of halogens is 4. The van der Waals surface area contributed by atoms with Crippen molar-refractivity contribution in [2.24, 2.45) is 4.99 Å². The van der Waals surface area contributed by atoms with Gasteiger partial charge in [0.1, 0.15) is 5.69 Å². The van der Waals surface area contributed by atoms with Crippen LogP contribution in [0.25, 0.3) is 10.9 Å². The van der Waals surface area contributed by atoms with E-state index in [1.54, 1.807) is 37.4 Å². The Kier molecular flexibility index (Phi) is 6.47. The molecule has 0 amide bonds. The molecule has 172 valence electrons. The quantitative estimate of drug-likeness (QED) is 0.373. The van der Waals surface area contributed by atoms with E-state index in [2.05, 4.69) is 20.6 Å². The van der Waals surface area contributed by atoms with Crippen molar-refractivity contribution in [3.8, 4) is 0 Å². The van der Waals surface area contributed by atoms with Crippen molar-refractivity contribution < 1.29 is 18.3 Å². The summed E-state index contributed by atoms with van der Waals surface area (Å²) in [4.78, 5) is 8.01. The number of hydrogen-bond donors (Lipinski definition) is 2. The maximum absolute atomic E-state index is 13.4. The van der Waals surface area contributed by atoms with Gasteiger partial charge in [-0.15, -0.1) is 0 Å². The lowest BCUT2D eigenvalue weighted by molar-refractivity contribution is -0.212. The molecule has 5 nitrogen and oxygen atoms in total. The Bertz CT molecular complexity index is 1240. The van der Waals surface area contributed by atoms with Crippen LogP contribution < -0.4 is 15.7 Å². The van der Waals surface area contributed by atoms with Gasteiger partial charge in [-0.05, 0) is 61.6 Å². The van der Waals surface area contributed by atoms with Crippen LogP contribution in [0.2, 0.25) is 5.02 Å². The molecule has 2 aromatic carbocycles. The van der Waals surface area contributed by atoms with Gasteiger partial charge in [0.15, 0.2) is 0 Å². The number of nitrogens with one attached hydrogen (secondary N) is 2. The van der Waals surface area contributed by atoms with E-state index in [9.17, 15) is 18.3 Å². The predicted octanol–water partition coefficient (Wildman–Crippen LogP) is 5.60. The molecular weight excluding hydrogens is 453 g/mol. The molecule has 0 spiro atoms. The zero-order valence-corrected chi connectivity index (χ0v) is 18.5. The Balaban J connectivity index is 1.67. The summed E-state index contributed by atoms with van der Waals surface area (Å²) in [7, 11) is 1.73. The third-order valence-corrected chi connectivity index (χ3v) is 5.65. The number of pyridine rings is 1. The van der Waals surface area contributed by atoms with Gasteiger partial charge >= 0.3 is 6.18 Å². The van der Waals surface area contributed by atoms with Gasteiger partial charge in [0.2, 0.25) is 0 Å². The number of rotatable bonds is 5. The topological polar surface area (TPSA) is 72.4 Å². The molecule has 1 heterocycles. The van der Waals surface area contributed by atoms with Crippen molar-refractivity contribution in [3.05, 3.63) is 76.6 Å². The second-order valence-electron chi connectivity index (χ2n) is 7.73. The van der Waals surface area contributed by atoms with Crippen LogP contribution in [0.4, 0.5) is 24.5 Å².